The molecular weight excluding hydrogens is 319 g/mol. The lowest BCUT2D eigenvalue weighted by molar-refractivity contribution is -0.121. The third kappa shape index (κ3) is 4.21. The Morgan fingerprint density at radius 1 is 1.24 bits per heavy atom. The first kappa shape index (κ1) is 17.1. The molecule has 2 aromatic heterocycles. The second-order valence-corrected chi connectivity index (χ2v) is 5.89. The van der Waals surface area contributed by atoms with Crippen LogP contribution in [0.5, 0.6) is 0 Å². The maximum Gasteiger partial charge on any atom is 0.219 e. The topological polar surface area (TPSA) is 59.8 Å². The maximum atomic E-state index is 13.1. The van der Waals surface area contributed by atoms with Crippen molar-refractivity contribution in [1.82, 2.24) is 19.9 Å². The zero-order valence-electron chi connectivity index (χ0n) is 14.2. The van der Waals surface area contributed by atoms with Crippen molar-refractivity contribution in [3.8, 4) is 0 Å². The van der Waals surface area contributed by atoms with E-state index >= 15 is 0 Å². The van der Waals surface area contributed by atoms with Gasteiger partial charge in [-0.25, -0.2) is 14.4 Å². The molecule has 5 nitrogen and oxygen atoms in total. The average Bonchev–Trinajstić information content (AvgIpc) is 2.95. The molecule has 3 rings (SSSR count). The van der Waals surface area contributed by atoms with E-state index in [1.165, 1.54) is 12.1 Å². The number of benzene rings is 1. The number of nitrogens with zero attached hydrogens (tertiary/aromatic N) is 3. The van der Waals surface area contributed by atoms with E-state index in [0.717, 1.165) is 29.0 Å². The largest absolute Gasteiger partial charge is 0.356 e. The molecule has 0 bridgehead atoms. The normalized spacial score (nSPS) is 11.0. The lowest BCUT2D eigenvalue weighted by atomic mass is 10.2. The molecule has 6 heteroatoms. The number of fused-ring (bicyclic) bond motifs is 1. The number of pyridine rings is 1. The van der Waals surface area contributed by atoms with E-state index in [4.69, 9.17) is 0 Å². The first-order chi connectivity index (χ1) is 12.2. The van der Waals surface area contributed by atoms with Gasteiger partial charge in [0.15, 0.2) is 5.65 Å². The van der Waals surface area contributed by atoms with Crippen LogP contribution < -0.4 is 5.32 Å². The van der Waals surface area contributed by atoms with E-state index in [9.17, 15) is 9.18 Å². The van der Waals surface area contributed by atoms with E-state index in [2.05, 4.69) is 15.3 Å². The standard InChI is InChI=1S/C19H21FN4O/c1-2-21-18(25)7-3-6-17-23-16-5-4-12-22-19(16)24(17)13-14-8-10-15(20)11-9-14/h4-5,8-12H,2-3,6-7,13H2,1H3,(H,21,25). The molecule has 0 unspecified atom stereocenters. The van der Waals surface area contributed by atoms with Crippen LogP contribution in [0.2, 0.25) is 0 Å². The molecule has 0 saturated carbocycles. The van der Waals surface area contributed by atoms with Crippen molar-refractivity contribution < 1.29 is 9.18 Å². The molecule has 130 valence electrons. The Hall–Kier alpha value is -2.76. The molecular formula is C19H21FN4O. The zero-order valence-corrected chi connectivity index (χ0v) is 14.2. The second-order valence-electron chi connectivity index (χ2n) is 5.89. The third-order valence-corrected chi connectivity index (χ3v) is 4.01. The van der Waals surface area contributed by atoms with E-state index in [-0.39, 0.29) is 11.7 Å². The molecule has 0 spiro atoms. The Kier molecular flexibility index (Phi) is 5.38. The highest BCUT2D eigenvalue weighted by atomic mass is 19.1. The van der Waals surface area contributed by atoms with Gasteiger partial charge in [-0.2, -0.15) is 0 Å². The second kappa shape index (κ2) is 7.88. The lowest BCUT2D eigenvalue weighted by Crippen LogP contribution is -2.22. The highest BCUT2D eigenvalue weighted by Crippen LogP contribution is 2.18. The van der Waals surface area contributed by atoms with Gasteiger partial charge in [-0.3, -0.25) is 4.79 Å². The van der Waals surface area contributed by atoms with Gasteiger partial charge >= 0.3 is 0 Å². The highest BCUT2D eigenvalue weighted by molar-refractivity contribution is 5.75. The number of halogens is 1. The monoisotopic (exact) mass is 340 g/mol. The minimum Gasteiger partial charge on any atom is -0.356 e. The number of carbonyl (C=O) groups excluding carboxylic acids is 1. The quantitative estimate of drug-likeness (QED) is 0.719. The summed E-state index contributed by atoms with van der Waals surface area (Å²) in [7, 11) is 0. The number of carbonyl (C=O) groups is 1. The summed E-state index contributed by atoms with van der Waals surface area (Å²) >= 11 is 0. The Morgan fingerprint density at radius 3 is 2.80 bits per heavy atom. The molecule has 25 heavy (non-hydrogen) atoms. The molecule has 0 atom stereocenters. The van der Waals surface area contributed by atoms with Crippen LogP contribution in [0.3, 0.4) is 0 Å². The molecule has 3 aromatic rings. The number of aromatic nitrogens is 3. The van der Waals surface area contributed by atoms with Crippen LogP contribution in [0.4, 0.5) is 4.39 Å². The van der Waals surface area contributed by atoms with E-state index < -0.39 is 0 Å². The molecule has 1 amide bonds. The zero-order chi connectivity index (χ0) is 17.6. The first-order valence-corrected chi connectivity index (χ1v) is 8.48. The van der Waals surface area contributed by atoms with Crippen molar-refractivity contribution in [1.29, 1.82) is 0 Å². The Balaban J connectivity index is 1.81. The van der Waals surface area contributed by atoms with Gasteiger partial charge < -0.3 is 9.88 Å². The number of hydrogen-bond donors (Lipinski definition) is 1. The van der Waals surface area contributed by atoms with Crippen molar-refractivity contribution in [2.45, 2.75) is 32.7 Å². The van der Waals surface area contributed by atoms with Crippen molar-refractivity contribution in [3.63, 3.8) is 0 Å². The predicted octanol–water partition coefficient (Wildman–Crippen LogP) is 3.08. The lowest BCUT2D eigenvalue weighted by Gasteiger charge is -2.09. The summed E-state index contributed by atoms with van der Waals surface area (Å²) in [6, 6.07) is 10.2. The number of rotatable bonds is 7. The summed E-state index contributed by atoms with van der Waals surface area (Å²) in [4.78, 5) is 20.7. The van der Waals surface area contributed by atoms with Gasteiger partial charge in [0.05, 0.1) is 6.54 Å². The molecule has 0 fully saturated rings. The number of aryl methyl sites for hydroxylation is 1. The fourth-order valence-corrected chi connectivity index (χ4v) is 2.83. The van der Waals surface area contributed by atoms with E-state index in [0.29, 0.717) is 25.9 Å². The highest BCUT2D eigenvalue weighted by Gasteiger charge is 2.12. The van der Waals surface area contributed by atoms with Crippen LogP contribution in [0, 0.1) is 5.82 Å². The van der Waals surface area contributed by atoms with Gasteiger partial charge in [0, 0.05) is 25.6 Å². The van der Waals surface area contributed by atoms with Crippen molar-refractivity contribution in [2.24, 2.45) is 0 Å². The Morgan fingerprint density at radius 2 is 2.04 bits per heavy atom. The molecule has 2 heterocycles. The van der Waals surface area contributed by atoms with Crippen molar-refractivity contribution in [2.75, 3.05) is 6.54 Å². The summed E-state index contributed by atoms with van der Waals surface area (Å²) in [5, 5.41) is 2.80. The van der Waals surface area contributed by atoms with Crippen molar-refractivity contribution in [3.05, 3.63) is 59.8 Å². The average molecular weight is 340 g/mol. The molecule has 0 aliphatic carbocycles. The molecule has 1 N–H and O–H groups in total. The van der Waals surface area contributed by atoms with Gasteiger partial charge in [-0.05, 0) is 43.2 Å². The Bertz CT molecular complexity index is 857. The van der Waals surface area contributed by atoms with Gasteiger partial charge in [-0.1, -0.05) is 12.1 Å². The Labute approximate surface area is 145 Å². The van der Waals surface area contributed by atoms with E-state index in [1.807, 2.05) is 23.6 Å². The molecule has 0 aliphatic rings. The van der Waals surface area contributed by atoms with Gasteiger partial charge in [0.25, 0.3) is 0 Å². The van der Waals surface area contributed by atoms with Gasteiger partial charge in [0.1, 0.15) is 17.2 Å². The molecule has 1 aromatic carbocycles. The van der Waals surface area contributed by atoms with E-state index in [1.54, 1.807) is 18.3 Å². The summed E-state index contributed by atoms with van der Waals surface area (Å²) in [5.74, 6) is 0.698. The van der Waals surface area contributed by atoms with Gasteiger partial charge in [0.2, 0.25) is 5.91 Å². The summed E-state index contributed by atoms with van der Waals surface area (Å²) < 4.78 is 15.2. The smallest absolute Gasteiger partial charge is 0.219 e. The summed E-state index contributed by atoms with van der Waals surface area (Å²) in [6.45, 7) is 3.13. The molecule has 0 aliphatic heterocycles. The number of imidazole rings is 1. The van der Waals surface area contributed by atoms with Crippen LogP contribution in [-0.2, 0) is 17.8 Å². The number of hydrogen-bond acceptors (Lipinski definition) is 3. The van der Waals surface area contributed by atoms with Crippen molar-refractivity contribution >= 4 is 17.1 Å². The third-order valence-electron chi connectivity index (χ3n) is 4.01. The molecule has 0 radical (unpaired) electrons. The van der Waals surface area contributed by atoms with Crippen LogP contribution >= 0.6 is 0 Å². The predicted molar refractivity (Wildman–Crippen MR) is 94.7 cm³/mol. The minimum absolute atomic E-state index is 0.0572. The number of nitrogens with one attached hydrogen (secondary N) is 1. The van der Waals surface area contributed by atoms with Crippen LogP contribution in [0.25, 0.3) is 11.2 Å². The molecule has 0 saturated heterocycles. The minimum atomic E-state index is -0.250. The summed E-state index contributed by atoms with van der Waals surface area (Å²) in [5.41, 5.74) is 2.62. The van der Waals surface area contributed by atoms with Crippen LogP contribution in [-0.4, -0.2) is 27.0 Å². The summed E-state index contributed by atoms with van der Waals surface area (Å²) in [6.07, 6.45) is 3.62. The van der Waals surface area contributed by atoms with Gasteiger partial charge in [-0.15, -0.1) is 0 Å². The maximum absolute atomic E-state index is 13.1. The first-order valence-electron chi connectivity index (χ1n) is 8.48. The number of amides is 1. The van der Waals surface area contributed by atoms with Crippen LogP contribution in [0.1, 0.15) is 31.2 Å². The SMILES string of the molecule is CCNC(=O)CCCc1nc2cccnc2n1Cc1ccc(F)cc1. The van der Waals surface area contributed by atoms with Crippen LogP contribution in [0.15, 0.2) is 42.6 Å². The fourth-order valence-electron chi connectivity index (χ4n) is 2.83. The fraction of sp³-hybridized carbons (Fsp3) is 0.316.